The third kappa shape index (κ3) is 2.82. The summed E-state index contributed by atoms with van der Waals surface area (Å²) in [6.45, 7) is 0.787. The monoisotopic (exact) mass is 409 g/mol. The van der Waals surface area contributed by atoms with Crippen LogP contribution in [0, 0.1) is 3.57 Å². The van der Waals surface area contributed by atoms with Crippen LogP contribution < -0.4 is 0 Å². The second-order valence-electron chi connectivity index (χ2n) is 4.10. The average molecular weight is 410 g/mol. The lowest BCUT2D eigenvalue weighted by Gasteiger charge is -2.23. The molecule has 0 radical (unpaired) electrons. The lowest BCUT2D eigenvalue weighted by Crippen LogP contribution is -2.37. The highest BCUT2D eigenvalue weighted by Crippen LogP contribution is 2.25. The number of hydrogen-bond acceptors (Lipinski definition) is 2. The summed E-state index contributed by atoms with van der Waals surface area (Å²) in [4.78, 5) is 14.1. The van der Waals surface area contributed by atoms with Crippen molar-refractivity contribution < 1.29 is 9.90 Å². The van der Waals surface area contributed by atoms with Crippen LogP contribution in [0.5, 0.6) is 0 Å². The van der Waals surface area contributed by atoms with Gasteiger partial charge in [-0.2, -0.15) is 0 Å². The summed E-state index contributed by atoms with van der Waals surface area (Å²) in [6, 6.07) is 5.69. The van der Waals surface area contributed by atoms with Crippen molar-refractivity contribution in [2.75, 3.05) is 13.2 Å². The van der Waals surface area contributed by atoms with E-state index in [-0.39, 0.29) is 18.6 Å². The fourth-order valence-electron chi connectivity index (χ4n) is 2.11. The van der Waals surface area contributed by atoms with Crippen LogP contribution in [0.25, 0.3) is 0 Å². The van der Waals surface area contributed by atoms with Crippen molar-refractivity contribution in [3.63, 3.8) is 0 Å². The van der Waals surface area contributed by atoms with E-state index in [0.29, 0.717) is 5.56 Å². The maximum Gasteiger partial charge on any atom is 0.255 e. The largest absolute Gasteiger partial charge is 0.394 e. The molecule has 2 rings (SSSR count). The molecule has 1 atom stereocenters. The van der Waals surface area contributed by atoms with Gasteiger partial charge < -0.3 is 10.0 Å². The third-order valence-corrected chi connectivity index (χ3v) is 4.37. The third-order valence-electron chi connectivity index (χ3n) is 3.01. The van der Waals surface area contributed by atoms with E-state index in [1.807, 2.05) is 18.2 Å². The van der Waals surface area contributed by atoms with E-state index in [1.165, 1.54) is 0 Å². The zero-order valence-electron chi connectivity index (χ0n) is 9.20. The molecule has 1 aliphatic heterocycles. The summed E-state index contributed by atoms with van der Waals surface area (Å²) in [5.74, 6) is 0.00643. The van der Waals surface area contributed by atoms with Gasteiger partial charge in [-0.05, 0) is 69.6 Å². The van der Waals surface area contributed by atoms with E-state index < -0.39 is 0 Å². The smallest absolute Gasteiger partial charge is 0.255 e. The van der Waals surface area contributed by atoms with Gasteiger partial charge in [0.25, 0.3) is 5.91 Å². The lowest BCUT2D eigenvalue weighted by atomic mass is 10.2. The molecular weight excluding hydrogens is 397 g/mol. The fraction of sp³-hybridized carbons (Fsp3) is 0.417. The van der Waals surface area contributed by atoms with Crippen LogP contribution >= 0.6 is 38.5 Å². The second-order valence-corrected chi connectivity index (χ2v) is 6.20. The molecule has 17 heavy (non-hydrogen) atoms. The number of benzene rings is 1. The summed E-state index contributed by atoms with van der Waals surface area (Å²) >= 11 is 5.60. The van der Waals surface area contributed by atoms with Gasteiger partial charge in [0.15, 0.2) is 0 Å². The molecule has 92 valence electrons. The van der Waals surface area contributed by atoms with Crippen molar-refractivity contribution in [3.05, 3.63) is 31.8 Å². The maximum absolute atomic E-state index is 12.4. The highest BCUT2D eigenvalue weighted by atomic mass is 127. The number of hydrogen-bond donors (Lipinski definition) is 1. The van der Waals surface area contributed by atoms with E-state index in [1.54, 1.807) is 4.90 Å². The molecule has 1 N–H and O–H groups in total. The first-order chi connectivity index (χ1) is 8.13. The molecule has 1 aliphatic rings. The van der Waals surface area contributed by atoms with Crippen molar-refractivity contribution in [1.82, 2.24) is 4.90 Å². The number of carbonyl (C=O) groups excluding carboxylic acids is 1. The van der Waals surface area contributed by atoms with Crippen LogP contribution in [-0.4, -0.2) is 35.1 Å². The summed E-state index contributed by atoms with van der Waals surface area (Å²) in [7, 11) is 0. The van der Waals surface area contributed by atoms with Crippen molar-refractivity contribution in [3.8, 4) is 0 Å². The molecule has 0 unspecified atom stereocenters. The Morgan fingerprint density at radius 2 is 2.35 bits per heavy atom. The Balaban J connectivity index is 2.27. The van der Waals surface area contributed by atoms with Crippen LogP contribution in [0.4, 0.5) is 0 Å². The number of carbonyl (C=O) groups is 1. The zero-order valence-corrected chi connectivity index (χ0v) is 12.9. The summed E-state index contributed by atoms with van der Waals surface area (Å²) in [5, 5.41) is 9.25. The predicted molar refractivity (Wildman–Crippen MR) is 78.0 cm³/mol. The highest BCUT2D eigenvalue weighted by molar-refractivity contribution is 14.1. The normalized spacial score (nSPS) is 19.7. The zero-order chi connectivity index (χ0) is 12.4. The number of aliphatic hydroxyl groups excluding tert-OH is 1. The minimum absolute atomic E-state index is 0.00643. The molecule has 1 amide bonds. The molecule has 1 heterocycles. The van der Waals surface area contributed by atoms with Crippen molar-refractivity contribution in [2.24, 2.45) is 0 Å². The van der Waals surface area contributed by atoms with E-state index in [4.69, 9.17) is 0 Å². The Kier molecular flexibility index (Phi) is 4.43. The van der Waals surface area contributed by atoms with Gasteiger partial charge in [-0.1, -0.05) is 0 Å². The first-order valence-corrected chi connectivity index (χ1v) is 7.37. The van der Waals surface area contributed by atoms with Gasteiger partial charge in [-0.3, -0.25) is 4.79 Å². The van der Waals surface area contributed by atoms with E-state index in [2.05, 4.69) is 38.5 Å². The number of nitrogens with zero attached hydrogens (tertiary/aromatic N) is 1. The molecule has 0 spiro atoms. The molecule has 5 heteroatoms. The quantitative estimate of drug-likeness (QED) is 0.763. The van der Waals surface area contributed by atoms with Crippen LogP contribution in [0.2, 0.25) is 0 Å². The standard InChI is InChI=1S/C12H13BrINO2/c13-11-4-3-8(14)6-10(11)12(17)15-5-1-2-9(15)7-16/h3-4,6,9,16H,1-2,5,7H2/t9-/m1/s1. The van der Waals surface area contributed by atoms with Gasteiger partial charge in [-0.25, -0.2) is 0 Å². The molecule has 1 fully saturated rings. The predicted octanol–water partition coefficient (Wildman–Crippen LogP) is 2.65. The topological polar surface area (TPSA) is 40.5 Å². The second kappa shape index (κ2) is 5.67. The molecule has 0 bridgehead atoms. The lowest BCUT2D eigenvalue weighted by molar-refractivity contribution is 0.0676. The van der Waals surface area contributed by atoms with E-state index in [9.17, 15) is 9.90 Å². The van der Waals surface area contributed by atoms with Crippen LogP contribution in [0.3, 0.4) is 0 Å². The minimum Gasteiger partial charge on any atom is -0.394 e. The van der Waals surface area contributed by atoms with Gasteiger partial charge in [0.1, 0.15) is 0 Å². The molecule has 3 nitrogen and oxygen atoms in total. The summed E-state index contributed by atoms with van der Waals surface area (Å²) < 4.78 is 1.85. The Bertz CT molecular complexity index is 439. The highest BCUT2D eigenvalue weighted by Gasteiger charge is 2.29. The number of rotatable bonds is 2. The Hall–Kier alpha value is -0.140. The molecule has 1 aromatic carbocycles. The Morgan fingerprint density at radius 1 is 1.59 bits per heavy atom. The molecule has 0 saturated carbocycles. The van der Waals surface area contributed by atoms with Crippen LogP contribution in [-0.2, 0) is 0 Å². The Labute approximate surface area is 122 Å². The molecule has 0 aliphatic carbocycles. The van der Waals surface area contributed by atoms with Gasteiger partial charge in [0, 0.05) is 14.6 Å². The van der Waals surface area contributed by atoms with Gasteiger partial charge >= 0.3 is 0 Å². The molecule has 0 aromatic heterocycles. The first-order valence-electron chi connectivity index (χ1n) is 5.50. The average Bonchev–Trinajstić information content (AvgIpc) is 2.79. The van der Waals surface area contributed by atoms with Gasteiger partial charge in [0.2, 0.25) is 0 Å². The van der Waals surface area contributed by atoms with Crippen LogP contribution in [0.1, 0.15) is 23.2 Å². The first kappa shape index (κ1) is 13.3. The number of halogens is 2. The van der Waals surface area contributed by atoms with E-state index in [0.717, 1.165) is 27.4 Å². The number of amides is 1. The molecular formula is C12H13BrINO2. The van der Waals surface area contributed by atoms with Crippen molar-refractivity contribution in [1.29, 1.82) is 0 Å². The van der Waals surface area contributed by atoms with Gasteiger partial charge in [0.05, 0.1) is 18.2 Å². The SMILES string of the molecule is O=C(c1cc(I)ccc1Br)N1CCC[C@@H]1CO. The number of aliphatic hydroxyl groups is 1. The summed E-state index contributed by atoms with van der Waals surface area (Å²) in [6.07, 6.45) is 1.86. The number of likely N-dealkylation sites (tertiary alicyclic amines) is 1. The Morgan fingerprint density at radius 3 is 3.06 bits per heavy atom. The maximum atomic E-state index is 12.4. The van der Waals surface area contributed by atoms with E-state index >= 15 is 0 Å². The fourth-order valence-corrected chi connectivity index (χ4v) is 3.02. The molecule has 1 aromatic rings. The summed E-state index contributed by atoms with van der Waals surface area (Å²) in [5.41, 5.74) is 0.678. The van der Waals surface area contributed by atoms with Crippen molar-refractivity contribution in [2.45, 2.75) is 18.9 Å². The molecule has 1 saturated heterocycles. The van der Waals surface area contributed by atoms with Crippen molar-refractivity contribution >= 4 is 44.4 Å². The minimum atomic E-state index is -0.0210. The van der Waals surface area contributed by atoms with Gasteiger partial charge in [-0.15, -0.1) is 0 Å². The van der Waals surface area contributed by atoms with Crippen LogP contribution in [0.15, 0.2) is 22.7 Å².